The van der Waals surface area contributed by atoms with Gasteiger partial charge in [-0.25, -0.2) is 9.96 Å². The first-order valence-corrected chi connectivity index (χ1v) is 10.7. The standard InChI is InChI=1S/C23H15BrF3N3O3/c24-15-6-8-16(9-7-15)30-19(13-3-2-10-28-12-13)18-20(33-30)22(32)29(21(18)31)17-5-1-4-14(11-17)23(25,26)27/h1-12,18-20H/t18-,19-,20-/m1/s1. The van der Waals surface area contributed by atoms with Crippen molar-refractivity contribution < 1.29 is 27.6 Å². The molecule has 6 nitrogen and oxygen atoms in total. The molecule has 3 heterocycles. The van der Waals surface area contributed by atoms with Gasteiger partial charge in [0.25, 0.3) is 5.91 Å². The van der Waals surface area contributed by atoms with Gasteiger partial charge in [-0.1, -0.05) is 28.1 Å². The number of alkyl halides is 3. The molecule has 0 spiro atoms. The van der Waals surface area contributed by atoms with Crippen molar-refractivity contribution in [2.75, 3.05) is 9.96 Å². The molecule has 3 atom stereocenters. The summed E-state index contributed by atoms with van der Waals surface area (Å²) in [6.45, 7) is 0. The van der Waals surface area contributed by atoms with Gasteiger partial charge in [-0.15, -0.1) is 0 Å². The van der Waals surface area contributed by atoms with Gasteiger partial charge in [0.2, 0.25) is 5.91 Å². The summed E-state index contributed by atoms with van der Waals surface area (Å²) < 4.78 is 40.4. The molecule has 0 bridgehead atoms. The summed E-state index contributed by atoms with van der Waals surface area (Å²) in [5, 5.41) is 1.50. The molecule has 0 radical (unpaired) electrons. The van der Waals surface area contributed by atoms with Gasteiger partial charge in [-0.3, -0.25) is 19.4 Å². The van der Waals surface area contributed by atoms with Crippen LogP contribution in [0.4, 0.5) is 24.5 Å². The smallest absolute Gasteiger partial charge is 0.273 e. The average Bonchev–Trinajstić information content (AvgIpc) is 3.30. The topological polar surface area (TPSA) is 62.7 Å². The Morgan fingerprint density at radius 3 is 2.36 bits per heavy atom. The monoisotopic (exact) mass is 517 g/mol. The van der Waals surface area contributed by atoms with E-state index >= 15 is 0 Å². The van der Waals surface area contributed by atoms with Crippen LogP contribution in [0.2, 0.25) is 0 Å². The molecule has 0 saturated carbocycles. The van der Waals surface area contributed by atoms with Crippen molar-refractivity contribution in [1.29, 1.82) is 0 Å². The summed E-state index contributed by atoms with van der Waals surface area (Å²) >= 11 is 3.37. The van der Waals surface area contributed by atoms with Crippen LogP contribution in [0.5, 0.6) is 0 Å². The number of nitrogens with zero attached hydrogens (tertiary/aromatic N) is 3. The second-order valence-electron chi connectivity index (χ2n) is 7.65. The SMILES string of the molecule is O=C1[C@@H]2[C@@H](c3cccnc3)N(c3ccc(Br)cc3)O[C@H]2C(=O)N1c1cccc(C(F)(F)F)c1. The van der Waals surface area contributed by atoms with Gasteiger partial charge in [-0.05, 0) is 54.1 Å². The van der Waals surface area contributed by atoms with Gasteiger partial charge in [0.05, 0.1) is 23.0 Å². The second-order valence-corrected chi connectivity index (χ2v) is 8.56. The maximum Gasteiger partial charge on any atom is 0.416 e. The van der Waals surface area contributed by atoms with Crippen LogP contribution in [0.3, 0.4) is 0 Å². The number of fused-ring (bicyclic) bond motifs is 1. The van der Waals surface area contributed by atoms with Gasteiger partial charge >= 0.3 is 6.18 Å². The highest BCUT2D eigenvalue weighted by Crippen LogP contribution is 2.47. The number of imide groups is 1. The molecule has 2 aliphatic heterocycles. The molecule has 3 aromatic rings. The van der Waals surface area contributed by atoms with Crippen LogP contribution >= 0.6 is 15.9 Å². The van der Waals surface area contributed by atoms with E-state index in [1.165, 1.54) is 17.2 Å². The zero-order valence-corrected chi connectivity index (χ0v) is 18.3. The molecule has 0 aliphatic carbocycles. The number of carbonyl (C=O) groups excluding carboxylic acids is 2. The number of pyridine rings is 1. The van der Waals surface area contributed by atoms with Crippen molar-refractivity contribution in [2.45, 2.75) is 18.3 Å². The first-order valence-electron chi connectivity index (χ1n) is 9.92. The fourth-order valence-electron chi connectivity index (χ4n) is 4.19. The molecule has 2 amide bonds. The summed E-state index contributed by atoms with van der Waals surface area (Å²) in [6.07, 6.45) is -2.63. The number of benzene rings is 2. The molecule has 5 rings (SSSR count). The normalized spacial score (nSPS) is 22.7. The number of hydrogen-bond acceptors (Lipinski definition) is 5. The van der Waals surface area contributed by atoms with Gasteiger partial charge in [0.15, 0.2) is 6.10 Å². The van der Waals surface area contributed by atoms with E-state index in [0.717, 1.165) is 21.5 Å². The van der Waals surface area contributed by atoms with Gasteiger partial charge in [-0.2, -0.15) is 13.2 Å². The van der Waals surface area contributed by atoms with Crippen molar-refractivity contribution in [3.63, 3.8) is 0 Å². The van der Waals surface area contributed by atoms with E-state index in [4.69, 9.17) is 4.84 Å². The van der Waals surface area contributed by atoms with Gasteiger partial charge in [0, 0.05) is 16.9 Å². The molecule has 2 fully saturated rings. The Labute approximate surface area is 194 Å². The maximum atomic E-state index is 13.5. The summed E-state index contributed by atoms with van der Waals surface area (Å²) in [5.41, 5.74) is 0.171. The van der Waals surface area contributed by atoms with Gasteiger partial charge < -0.3 is 0 Å². The molecule has 2 aromatic carbocycles. The number of aromatic nitrogens is 1. The summed E-state index contributed by atoms with van der Waals surface area (Å²) in [5.74, 6) is -2.30. The fourth-order valence-corrected chi connectivity index (χ4v) is 4.46. The quantitative estimate of drug-likeness (QED) is 0.461. The van der Waals surface area contributed by atoms with E-state index < -0.39 is 41.6 Å². The predicted octanol–water partition coefficient (Wildman–Crippen LogP) is 4.91. The molecule has 2 aliphatic rings. The van der Waals surface area contributed by atoms with Crippen LogP contribution in [0, 0.1) is 5.92 Å². The molecular weight excluding hydrogens is 503 g/mol. The number of amides is 2. The first-order chi connectivity index (χ1) is 15.8. The van der Waals surface area contributed by atoms with Crippen LogP contribution in [-0.4, -0.2) is 22.9 Å². The summed E-state index contributed by atoms with van der Waals surface area (Å²) in [7, 11) is 0. The number of hydrogen-bond donors (Lipinski definition) is 0. The van der Waals surface area contributed by atoms with Gasteiger partial charge in [0.1, 0.15) is 5.92 Å². The minimum Gasteiger partial charge on any atom is -0.273 e. The zero-order chi connectivity index (χ0) is 23.3. The Morgan fingerprint density at radius 1 is 0.939 bits per heavy atom. The highest BCUT2D eigenvalue weighted by Gasteiger charge is 2.60. The van der Waals surface area contributed by atoms with Crippen LogP contribution < -0.4 is 9.96 Å². The zero-order valence-electron chi connectivity index (χ0n) is 16.7. The number of hydroxylamine groups is 1. The number of halogens is 4. The van der Waals surface area contributed by atoms with Crippen molar-refractivity contribution in [3.8, 4) is 0 Å². The fraction of sp³-hybridized carbons (Fsp3) is 0.174. The average molecular weight is 518 g/mol. The highest BCUT2D eigenvalue weighted by molar-refractivity contribution is 9.10. The summed E-state index contributed by atoms with van der Waals surface area (Å²) in [6, 6.07) is 14.1. The lowest BCUT2D eigenvalue weighted by atomic mass is 9.91. The van der Waals surface area contributed by atoms with Crippen LogP contribution in [0.15, 0.2) is 77.5 Å². The minimum absolute atomic E-state index is 0.141. The molecular formula is C23H15BrF3N3O3. The Bertz CT molecular complexity index is 1220. The third kappa shape index (κ3) is 3.68. The van der Waals surface area contributed by atoms with Crippen molar-refractivity contribution >= 4 is 39.1 Å². The Hall–Kier alpha value is -3.24. The number of anilines is 2. The Balaban J connectivity index is 1.56. The van der Waals surface area contributed by atoms with E-state index in [-0.39, 0.29) is 5.69 Å². The Morgan fingerprint density at radius 2 is 1.70 bits per heavy atom. The van der Waals surface area contributed by atoms with Crippen molar-refractivity contribution in [3.05, 3.63) is 88.7 Å². The maximum absolute atomic E-state index is 13.5. The highest BCUT2D eigenvalue weighted by atomic mass is 79.9. The molecule has 33 heavy (non-hydrogen) atoms. The minimum atomic E-state index is -4.61. The van der Waals surface area contributed by atoms with E-state index in [1.54, 1.807) is 48.8 Å². The molecule has 1 aromatic heterocycles. The van der Waals surface area contributed by atoms with Crippen molar-refractivity contribution in [1.82, 2.24) is 4.98 Å². The Kier molecular flexibility index (Phi) is 5.21. The second kappa shape index (κ2) is 7.96. The first kappa shape index (κ1) is 21.6. The molecule has 10 heteroatoms. The molecule has 168 valence electrons. The van der Waals surface area contributed by atoms with Crippen LogP contribution in [0.1, 0.15) is 17.2 Å². The number of carbonyl (C=O) groups is 2. The van der Waals surface area contributed by atoms with E-state index in [0.29, 0.717) is 11.3 Å². The lowest BCUT2D eigenvalue weighted by molar-refractivity contribution is -0.137. The predicted molar refractivity (Wildman–Crippen MR) is 116 cm³/mol. The number of rotatable bonds is 3. The van der Waals surface area contributed by atoms with Crippen molar-refractivity contribution in [2.24, 2.45) is 5.92 Å². The lowest BCUT2D eigenvalue weighted by Crippen LogP contribution is -2.37. The largest absolute Gasteiger partial charge is 0.416 e. The van der Waals surface area contributed by atoms with E-state index in [9.17, 15) is 22.8 Å². The summed E-state index contributed by atoms with van der Waals surface area (Å²) in [4.78, 5) is 37.6. The molecule has 2 saturated heterocycles. The van der Waals surface area contributed by atoms with Crippen LogP contribution in [0.25, 0.3) is 0 Å². The molecule has 0 unspecified atom stereocenters. The van der Waals surface area contributed by atoms with E-state index in [2.05, 4.69) is 20.9 Å². The molecule has 0 N–H and O–H groups in total. The lowest BCUT2D eigenvalue weighted by Gasteiger charge is -2.28. The third-order valence-electron chi connectivity index (χ3n) is 5.65. The third-order valence-corrected chi connectivity index (χ3v) is 6.18. The van der Waals surface area contributed by atoms with Crippen LogP contribution in [-0.2, 0) is 20.6 Å². The van der Waals surface area contributed by atoms with E-state index in [1.807, 2.05) is 0 Å².